The summed E-state index contributed by atoms with van der Waals surface area (Å²) in [6.45, 7) is 7.34. The Morgan fingerprint density at radius 1 is 1.10 bits per heavy atom. The molecule has 0 fully saturated rings. The lowest BCUT2D eigenvalue weighted by atomic mass is 10.0. The van der Waals surface area contributed by atoms with E-state index in [0.29, 0.717) is 6.04 Å². The van der Waals surface area contributed by atoms with Crippen molar-refractivity contribution in [3.05, 3.63) is 64.2 Å². The summed E-state index contributed by atoms with van der Waals surface area (Å²) in [6.07, 6.45) is 0. The number of fused-ring (bicyclic) bond motifs is 1. The SMILES string of the molecule is Cc1ccc(C(C)NCc2nc3ccccc3s2)cc1C. The molecule has 1 aromatic heterocycles. The van der Waals surface area contributed by atoms with E-state index < -0.39 is 0 Å². The molecule has 0 radical (unpaired) electrons. The number of hydrogen-bond donors (Lipinski definition) is 1. The molecule has 0 aliphatic rings. The van der Waals surface area contributed by atoms with Crippen LogP contribution in [0, 0.1) is 13.8 Å². The minimum atomic E-state index is 0.330. The van der Waals surface area contributed by atoms with Crippen molar-refractivity contribution in [2.24, 2.45) is 0 Å². The van der Waals surface area contributed by atoms with Crippen LogP contribution >= 0.6 is 11.3 Å². The quantitative estimate of drug-likeness (QED) is 0.750. The molecule has 3 rings (SSSR count). The minimum absolute atomic E-state index is 0.330. The van der Waals surface area contributed by atoms with Gasteiger partial charge in [-0.05, 0) is 49.6 Å². The number of nitrogens with zero attached hydrogens (tertiary/aromatic N) is 1. The van der Waals surface area contributed by atoms with Crippen LogP contribution in [0.15, 0.2) is 42.5 Å². The second-order valence-corrected chi connectivity index (χ2v) is 6.64. The third-order valence-electron chi connectivity index (χ3n) is 3.93. The Labute approximate surface area is 129 Å². The molecule has 0 aliphatic heterocycles. The molecule has 2 nitrogen and oxygen atoms in total. The van der Waals surface area contributed by atoms with Gasteiger partial charge in [0.2, 0.25) is 0 Å². The number of thiazole rings is 1. The van der Waals surface area contributed by atoms with E-state index in [1.165, 1.54) is 21.4 Å². The van der Waals surface area contributed by atoms with Gasteiger partial charge in [0.25, 0.3) is 0 Å². The lowest BCUT2D eigenvalue weighted by Crippen LogP contribution is -2.18. The molecular formula is C18H20N2S. The van der Waals surface area contributed by atoms with Crippen molar-refractivity contribution in [3.8, 4) is 0 Å². The Kier molecular flexibility index (Phi) is 4.04. The molecule has 2 aromatic carbocycles. The van der Waals surface area contributed by atoms with Crippen LogP contribution in [-0.4, -0.2) is 4.98 Å². The molecule has 3 aromatic rings. The van der Waals surface area contributed by atoms with Crippen LogP contribution in [0.25, 0.3) is 10.2 Å². The van der Waals surface area contributed by atoms with E-state index in [2.05, 4.69) is 67.5 Å². The van der Waals surface area contributed by atoms with Crippen LogP contribution in [0.3, 0.4) is 0 Å². The average Bonchev–Trinajstić information content (AvgIpc) is 2.90. The average molecular weight is 296 g/mol. The van der Waals surface area contributed by atoms with Crippen molar-refractivity contribution in [1.82, 2.24) is 10.3 Å². The van der Waals surface area contributed by atoms with E-state index >= 15 is 0 Å². The van der Waals surface area contributed by atoms with E-state index in [0.717, 1.165) is 17.1 Å². The van der Waals surface area contributed by atoms with Gasteiger partial charge in [-0.2, -0.15) is 0 Å². The fourth-order valence-electron chi connectivity index (χ4n) is 2.39. The number of aryl methyl sites for hydroxylation is 2. The Hall–Kier alpha value is -1.71. The Morgan fingerprint density at radius 3 is 2.67 bits per heavy atom. The van der Waals surface area contributed by atoms with Crippen LogP contribution in [0.2, 0.25) is 0 Å². The van der Waals surface area contributed by atoms with Crippen molar-refractivity contribution in [2.75, 3.05) is 0 Å². The summed E-state index contributed by atoms with van der Waals surface area (Å²) in [5, 5.41) is 4.72. The van der Waals surface area contributed by atoms with Gasteiger partial charge >= 0.3 is 0 Å². The number of aromatic nitrogens is 1. The maximum absolute atomic E-state index is 4.67. The van der Waals surface area contributed by atoms with Crippen molar-refractivity contribution in [1.29, 1.82) is 0 Å². The molecule has 21 heavy (non-hydrogen) atoms. The molecule has 0 saturated carbocycles. The monoisotopic (exact) mass is 296 g/mol. The predicted octanol–water partition coefficient (Wildman–Crippen LogP) is 4.76. The van der Waals surface area contributed by atoms with E-state index in [1.54, 1.807) is 11.3 Å². The summed E-state index contributed by atoms with van der Waals surface area (Å²) in [5.74, 6) is 0. The maximum Gasteiger partial charge on any atom is 0.108 e. The standard InChI is InChI=1S/C18H20N2S/c1-12-8-9-15(10-13(12)2)14(3)19-11-18-20-16-6-4-5-7-17(16)21-18/h4-10,14,19H,11H2,1-3H3. The van der Waals surface area contributed by atoms with Crippen LogP contribution in [0.1, 0.15) is 34.7 Å². The summed E-state index contributed by atoms with van der Waals surface area (Å²) in [5.41, 5.74) is 5.12. The zero-order valence-corrected chi connectivity index (χ0v) is 13.5. The molecule has 1 atom stereocenters. The van der Waals surface area contributed by atoms with Gasteiger partial charge in [-0.15, -0.1) is 11.3 Å². The van der Waals surface area contributed by atoms with Gasteiger partial charge in [0.15, 0.2) is 0 Å². The molecule has 108 valence electrons. The van der Waals surface area contributed by atoms with Gasteiger partial charge < -0.3 is 5.32 Å². The summed E-state index contributed by atoms with van der Waals surface area (Å²) in [7, 11) is 0. The first-order chi connectivity index (χ1) is 10.1. The number of nitrogens with one attached hydrogen (secondary N) is 1. The lowest BCUT2D eigenvalue weighted by molar-refractivity contribution is 0.573. The zero-order valence-electron chi connectivity index (χ0n) is 12.7. The highest BCUT2D eigenvalue weighted by Gasteiger charge is 2.08. The maximum atomic E-state index is 4.67. The predicted molar refractivity (Wildman–Crippen MR) is 90.8 cm³/mol. The van der Waals surface area contributed by atoms with Gasteiger partial charge in [-0.1, -0.05) is 30.3 Å². The van der Waals surface area contributed by atoms with Gasteiger partial charge in [-0.25, -0.2) is 4.98 Å². The first-order valence-corrected chi connectivity index (χ1v) is 8.10. The molecule has 1 unspecified atom stereocenters. The summed E-state index contributed by atoms with van der Waals surface area (Å²) < 4.78 is 1.26. The Morgan fingerprint density at radius 2 is 1.90 bits per heavy atom. The van der Waals surface area contributed by atoms with Gasteiger partial charge in [0, 0.05) is 12.6 Å². The number of para-hydroxylation sites is 1. The third-order valence-corrected chi connectivity index (χ3v) is 4.97. The Bertz CT molecular complexity index is 728. The number of benzene rings is 2. The second kappa shape index (κ2) is 5.96. The molecule has 0 aliphatic carbocycles. The molecular weight excluding hydrogens is 276 g/mol. The molecule has 1 N–H and O–H groups in total. The normalized spacial score (nSPS) is 12.7. The van der Waals surface area contributed by atoms with Crippen molar-refractivity contribution < 1.29 is 0 Å². The van der Waals surface area contributed by atoms with E-state index in [1.807, 2.05) is 6.07 Å². The van der Waals surface area contributed by atoms with Crippen molar-refractivity contribution in [2.45, 2.75) is 33.4 Å². The van der Waals surface area contributed by atoms with Gasteiger partial charge in [0.05, 0.1) is 10.2 Å². The van der Waals surface area contributed by atoms with Crippen LogP contribution < -0.4 is 5.32 Å². The first-order valence-electron chi connectivity index (χ1n) is 7.28. The highest BCUT2D eigenvalue weighted by atomic mass is 32.1. The Balaban J connectivity index is 1.70. The van der Waals surface area contributed by atoms with Crippen LogP contribution in [0.5, 0.6) is 0 Å². The van der Waals surface area contributed by atoms with Crippen molar-refractivity contribution in [3.63, 3.8) is 0 Å². The summed E-state index contributed by atoms with van der Waals surface area (Å²) >= 11 is 1.77. The third kappa shape index (κ3) is 3.14. The summed E-state index contributed by atoms with van der Waals surface area (Å²) in [6, 6.07) is 15.3. The lowest BCUT2D eigenvalue weighted by Gasteiger charge is -2.14. The highest BCUT2D eigenvalue weighted by Crippen LogP contribution is 2.22. The van der Waals surface area contributed by atoms with Gasteiger partial charge in [0.1, 0.15) is 5.01 Å². The van der Waals surface area contributed by atoms with Crippen molar-refractivity contribution >= 4 is 21.6 Å². The first kappa shape index (κ1) is 14.2. The zero-order chi connectivity index (χ0) is 14.8. The second-order valence-electron chi connectivity index (χ2n) is 5.52. The van der Waals surface area contributed by atoms with E-state index in [4.69, 9.17) is 0 Å². The fourth-order valence-corrected chi connectivity index (χ4v) is 3.31. The summed E-state index contributed by atoms with van der Waals surface area (Å²) in [4.78, 5) is 4.67. The number of rotatable bonds is 4. The largest absolute Gasteiger partial charge is 0.304 e. The van der Waals surface area contributed by atoms with E-state index in [-0.39, 0.29) is 0 Å². The molecule has 3 heteroatoms. The minimum Gasteiger partial charge on any atom is -0.304 e. The smallest absolute Gasteiger partial charge is 0.108 e. The molecule has 0 spiro atoms. The van der Waals surface area contributed by atoms with Crippen LogP contribution in [0.4, 0.5) is 0 Å². The van der Waals surface area contributed by atoms with Crippen LogP contribution in [-0.2, 0) is 6.54 Å². The fraction of sp³-hybridized carbons (Fsp3) is 0.278. The highest BCUT2D eigenvalue weighted by molar-refractivity contribution is 7.18. The molecule has 0 saturated heterocycles. The molecule has 0 bridgehead atoms. The topological polar surface area (TPSA) is 24.9 Å². The molecule has 0 amide bonds. The molecule has 1 heterocycles. The van der Waals surface area contributed by atoms with Gasteiger partial charge in [-0.3, -0.25) is 0 Å². The number of hydrogen-bond acceptors (Lipinski definition) is 3. The van der Waals surface area contributed by atoms with E-state index in [9.17, 15) is 0 Å².